The van der Waals surface area contributed by atoms with Gasteiger partial charge in [-0.1, -0.05) is 6.92 Å². The average Bonchev–Trinajstić information content (AvgIpc) is 2.65. The molecule has 0 aliphatic heterocycles. The third-order valence-corrected chi connectivity index (χ3v) is 5.07. The van der Waals surface area contributed by atoms with Crippen molar-refractivity contribution in [2.24, 2.45) is 11.3 Å². The molecule has 1 aromatic heterocycles. The monoisotopic (exact) mass is 264 g/mol. The van der Waals surface area contributed by atoms with Crippen LogP contribution in [-0.2, 0) is 6.42 Å². The van der Waals surface area contributed by atoms with Crippen molar-refractivity contribution in [1.29, 1.82) is 0 Å². The van der Waals surface area contributed by atoms with Gasteiger partial charge < -0.3 is 14.6 Å². The normalized spacial score (nSPS) is 41.8. The summed E-state index contributed by atoms with van der Waals surface area (Å²) in [5, 5.41) is 21.0. The Hall–Kier alpha value is -1.13. The topological polar surface area (TPSA) is 70.7 Å². The summed E-state index contributed by atoms with van der Waals surface area (Å²) in [4.78, 5) is 12.8. The van der Waals surface area contributed by atoms with Crippen LogP contribution in [0.15, 0.2) is 10.7 Å². The van der Waals surface area contributed by atoms with Gasteiger partial charge in [0.25, 0.3) is 0 Å². The molecule has 2 aliphatic carbocycles. The van der Waals surface area contributed by atoms with Gasteiger partial charge in [-0.15, -0.1) is 0 Å². The number of furan rings is 1. The molecule has 1 fully saturated rings. The van der Waals surface area contributed by atoms with E-state index in [1.54, 1.807) is 13.2 Å². The Balaban J connectivity index is 2.18. The molecule has 1 heterocycles. The second-order valence-electron chi connectivity index (χ2n) is 6.61. The first kappa shape index (κ1) is 12.9. The molecule has 4 nitrogen and oxygen atoms in total. The largest absolute Gasteiger partial charge is 0.468 e. The van der Waals surface area contributed by atoms with Crippen molar-refractivity contribution in [3.63, 3.8) is 0 Å². The number of rotatable bonds is 0. The van der Waals surface area contributed by atoms with Gasteiger partial charge in [0.2, 0.25) is 0 Å². The van der Waals surface area contributed by atoms with Gasteiger partial charge in [0.05, 0.1) is 29.4 Å². The summed E-state index contributed by atoms with van der Waals surface area (Å²) >= 11 is 0. The molecule has 0 unspecified atom stereocenters. The molecule has 2 N–H and O–H groups in total. The van der Waals surface area contributed by atoms with Crippen LogP contribution in [0, 0.1) is 18.3 Å². The van der Waals surface area contributed by atoms with Crippen molar-refractivity contribution in [1.82, 2.24) is 0 Å². The quantitative estimate of drug-likeness (QED) is 0.750. The first-order valence-corrected chi connectivity index (χ1v) is 6.79. The number of aliphatic hydroxyl groups is 2. The molecule has 0 saturated heterocycles. The van der Waals surface area contributed by atoms with Gasteiger partial charge in [0.1, 0.15) is 5.76 Å². The number of ketones is 1. The minimum absolute atomic E-state index is 0.0845. The maximum atomic E-state index is 12.8. The molecule has 2 aliphatic rings. The molecule has 0 bridgehead atoms. The highest BCUT2D eigenvalue weighted by Crippen LogP contribution is 2.53. The highest BCUT2D eigenvalue weighted by molar-refractivity contribution is 6.02. The number of aryl methyl sites for hydroxylation is 1. The van der Waals surface area contributed by atoms with Crippen molar-refractivity contribution in [3.8, 4) is 0 Å². The standard InChI is InChI=1S/C15H20O4/c1-8-7-19-9-6-14(2)10(16)4-5-15(3,18)13(14)12(17)11(8)9/h7,10,13,16,18H,4-6H2,1-3H3/t10-,13-,14+,15+/m0/s1. The van der Waals surface area contributed by atoms with E-state index in [1.165, 1.54) is 0 Å². The Kier molecular flexibility index (Phi) is 2.51. The predicted octanol–water partition coefficient (Wildman–Crippen LogP) is 1.86. The van der Waals surface area contributed by atoms with Crippen molar-refractivity contribution in [2.45, 2.75) is 51.7 Å². The van der Waals surface area contributed by atoms with Crippen LogP contribution in [0.3, 0.4) is 0 Å². The van der Waals surface area contributed by atoms with Crippen LogP contribution in [-0.4, -0.2) is 27.7 Å². The Bertz CT molecular complexity index is 542. The molecule has 0 radical (unpaired) electrons. The summed E-state index contributed by atoms with van der Waals surface area (Å²) in [5.74, 6) is 0.00398. The van der Waals surface area contributed by atoms with Crippen LogP contribution in [0.25, 0.3) is 0 Å². The number of carbonyl (C=O) groups is 1. The first-order valence-electron chi connectivity index (χ1n) is 6.79. The van der Waals surface area contributed by atoms with Crippen LogP contribution >= 0.6 is 0 Å². The number of Topliss-reactive ketones (excluding diaryl/α,β-unsaturated/α-hetero) is 1. The highest BCUT2D eigenvalue weighted by atomic mass is 16.3. The lowest BCUT2D eigenvalue weighted by molar-refractivity contribution is -0.136. The predicted molar refractivity (Wildman–Crippen MR) is 68.9 cm³/mol. The molecule has 104 valence electrons. The van der Waals surface area contributed by atoms with Crippen LogP contribution in [0.1, 0.15) is 48.4 Å². The molecule has 0 spiro atoms. The van der Waals surface area contributed by atoms with Crippen LogP contribution in [0.2, 0.25) is 0 Å². The molecule has 3 rings (SSSR count). The molecule has 0 aromatic carbocycles. The molecule has 1 aromatic rings. The molecule has 0 amide bonds. The summed E-state index contributed by atoms with van der Waals surface area (Å²) < 4.78 is 5.47. The number of aliphatic hydroxyl groups excluding tert-OH is 1. The maximum Gasteiger partial charge on any atom is 0.173 e. The fourth-order valence-electron chi connectivity index (χ4n) is 4.06. The van der Waals surface area contributed by atoms with E-state index in [0.29, 0.717) is 30.6 Å². The van der Waals surface area contributed by atoms with Gasteiger partial charge in [-0.05, 0) is 32.3 Å². The van der Waals surface area contributed by atoms with Crippen LogP contribution in [0.5, 0.6) is 0 Å². The Morgan fingerprint density at radius 1 is 1.42 bits per heavy atom. The average molecular weight is 264 g/mol. The zero-order valence-corrected chi connectivity index (χ0v) is 11.6. The fourth-order valence-corrected chi connectivity index (χ4v) is 4.06. The minimum Gasteiger partial charge on any atom is -0.468 e. The number of carbonyl (C=O) groups excluding carboxylic acids is 1. The number of hydrogen-bond acceptors (Lipinski definition) is 4. The van der Waals surface area contributed by atoms with Gasteiger partial charge in [-0.25, -0.2) is 0 Å². The van der Waals surface area contributed by atoms with Gasteiger partial charge in [0.15, 0.2) is 5.78 Å². The molecule has 4 heteroatoms. The van der Waals surface area contributed by atoms with Crippen molar-refractivity contribution < 1.29 is 19.4 Å². The first-order chi connectivity index (χ1) is 8.77. The Labute approximate surface area is 112 Å². The third kappa shape index (κ3) is 1.56. The minimum atomic E-state index is -1.06. The Morgan fingerprint density at radius 2 is 2.11 bits per heavy atom. The number of hydrogen-bond donors (Lipinski definition) is 2. The number of fused-ring (bicyclic) bond motifs is 2. The molecule has 19 heavy (non-hydrogen) atoms. The Morgan fingerprint density at radius 3 is 2.79 bits per heavy atom. The van der Waals surface area contributed by atoms with Crippen molar-refractivity contribution in [3.05, 3.63) is 23.2 Å². The summed E-state index contributed by atoms with van der Waals surface area (Å²) in [5.41, 5.74) is -0.280. The van der Waals surface area contributed by atoms with Gasteiger partial charge in [0, 0.05) is 11.8 Å². The van der Waals surface area contributed by atoms with Crippen molar-refractivity contribution >= 4 is 5.78 Å². The van der Waals surface area contributed by atoms with Gasteiger partial charge in [-0.2, -0.15) is 0 Å². The zero-order chi connectivity index (χ0) is 14.0. The van der Waals surface area contributed by atoms with Gasteiger partial charge in [-0.3, -0.25) is 4.79 Å². The lowest BCUT2D eigenvalue weighted by Gasteiger charge is -2.53. The van der Waals surface area contributed by atoms with E-state index < -0.39 is 23.0 Å². The van der Waals surface area contributed by atoms with E-state index in [2.05, 4.69) is 0 Å². The van der Waals surface area contributed by atoms with E-state index in [-0.39, 0.29) is 5.78 Å². The van der Waals surface area contributed by atoms with E-state index in [9.17, 15) is 15.0 Å². The lowest BCUT2D eigenvalue weighted by Crippen LogP contribution is -2.60. The van der Waals surface area contributed by atoms with E-state index in [4.69, 9.17) is 4.42 Å². The summed E-state index contributed by atoms with van der Waals surface area (Å²) in [6.45, 7) is 5.44. The van der Waals surface area contributed by atoms with E-state index in [1.807, 2.05) is 13.8 Å². The summed E-state index contributed by atoms with van der Waals surface area (Å²) in [6.07, 6.45) is 2.48. The van der Waals surface area contributed by atoms with Crippen LogP contribution < -0.4 is 0 Å². The fraction of sp³-hybridized carbons (Fsp3) is 0.667. The van der Waals surface area contributed by atoms with E-state index in [0.717, 1.165) is 5.56 Å². The highest BCUT2D eigenvalue weighted by Gasteiger charge is 2.59. The second kappa shape index (κ2) is 3.70. The third-order valence-electron chi connectivity index (χ3n) is 5.07. The molecule has 4 atom stereocenters. The molecule has 1 saturated carbocycles. The lowest BCUT2D eigenvalue weighted by atomic mass is 9.53. The van der Waals surface area contributed by atoms with Gasteiger partial charge >= 0.3 is 0 Å². The summed E-state index contributed by atoms with van der Waals surface area (Å²) in [7, 11) is 0. The van der Waals surface area contributed by atoms with E-state index >= 15 is 0 Å². The second-order valence-corrected chi connectivity index (χ2v) is 6.61. The van der Waals surface area contributed by atoms with Crippen LogP contribution in [0.4, 0.5) is 0 Å². The zero-order valence-electron chi connectivity index (χ0n) is 11.6. The molecular weight excluding hydrogens is 244 g/mol. The maximum absolute atomic E-state index is 12.8. The smallest absolute Gasteiger partial charge is 0.173 e. The van der Waals surface area contributed by atoms with Crippen molar-refractivity contribution in [2.75, 3.05) is 0 Å². The summed E-state index contributed by atoms with van der Waals surface area (Å²) in [6, 6.07) is 0. The SMILES string of the molecule is Cc1coc2c1C(=O)[C@H]1[C@](C)(C2)[C@@H](O)CC[C@@]1(C)O. The molecular formula is C15H20O4.